The fourth-order valence-corrected chi connectivity index (χ4v) is 2.57. The van der Waals surface area contributed by atoms with E-state index in [9.17, 15) is 4.79 Å². The van der Waals surface area contributed by atoms with Crippen LogP contribution in [0.5, 0.6) is 0 Å². The van der Waals surface area contributed by atoms with Crippen LogP contribution in [-0.2, 0) is 12.8 Å². The zero-order chi connectivity index (χ0) is 18.0. The Balaban J connectivity index is 1.42. The molecule has 0 bridgehead atoms. The van der Waals surface area contributed by atoms with E-state index in [0.29, 0.717) is 18.1 Å². The van der Waals surface area contributed by atoms with Gasteiger partial charge >= 0.3 is 0 Å². The number of carbonyl (C=O) groups excluding carboxylic acids is 1. The highest BCUT2D eigenvalue weighted by atomic mass is 16.1. The summed E-state index contributed by atoms with van der Waals surface area (Å²) in [4.78, 5) is 20.6. The van der Waals surface area contributed by atoms with Crippen molar-refractivity contribution in [3.63, 3.8) is 0 Å². The highest BCUT2D eigenvalue weighted by Gasteiger charge is 2.07. The number of hydrogen-bond acceptors (Lipinski definition) is 4. The van der Waals surface area contributed by atoms with Crippen molar-refractivity contribution >= 4 is 11.7 Å². The van der Waals surface area contributed by atoms with Gasteiger partial charge in [0, 0.05) is 13.1 Å². The van der Waals surface area contributed by atoms with Gasteiger partial charge < -0.3 is 10.6 Å². The topological polar surface area (TPSA) is 66.9 Å². The van der Waals surface area contributed by atoms with Gasteiger partial charge in [-0.05, 0) is 24.0 Å². The summed E-state index contributed by atoms with van der Waals surface area (Å²) in [5, 5.41) is 6.09. The minimum Gasteiger partial charge on any atom is -0.368 e. The van der Waals surface area contributed by atoms with E-state index >= 15 is 0 Å². The fraction of sp³-hybridized carbons (Fsp3) is 0.190. The Morgan fingerprint density at radius 1 is 0.769 bits per heavy atom. The zero-order valence-electron chi connectivity index (χ0n) is 14.6. The first-order valence-corrected chi connectivity index (χ1v) is 8.73. The van der Waals surface area contributed by atoms with Gasteiger partial charge in [-0.2, -0.15) is 0 Å². The number of hydrogen-bond donors (Lipinski definition) is 2. The van der Waals surface area contributed by atoms with Gasteiger partial charge in [0.25, 0.3) is 5.91 Å². The first-order chi connectivity index (χ1) is 12.8. The second-order valence-corrected chi connectivity index (χ2v) is 5.94. The van der Waals surface area contributed by atoms with E-state index in [2.05, 4.69) is 32.7 Å². The van der Waals surface area contributed by atoms with Crippen molar-refractivity contribution in [3.05, 3.63) is 89.9 Å². The number of aromatic nitrogens is 2. The van der Waals surface area contributed by atoms with Crippen molar-refractivity contribution < 1.29 is 4.79 Å². The molecule has 0 aliphatic carbocycles. The maximum Gasteiger partial charge on any atom is 0.271 e. The van der Waals surface area contributed by atoms with E-state index in [1.54, 1.807) is 6.20 Å². The molecule has 0 saturated carbocycles. The summed E-state index contributed by atoms with van der Waals surface area (Å²) in [5.41, 5.74) is 2.78. The zero-order valence-corrected chi connectivity index (χ0v) is 14.6. The van der Waals surface area contributed by atoms with Crippen molar-refractivity contribution in [2.45, 2.75) is 12.8 Å². The lowest BCUT2D eigenvalue weighted by molar-refractivity contribution is 0.0949. The molecule has 1 amide bonds. The molecule has 0 aliphatic rings. The molecule has 0 saturated heterocycles. The standard InChI is InChI=1S/C21H22N4O/c26-21(23-14-12-18-9-5-2-6-10-18)19-15-25-20(16-24-19)22-13-11-17-7-3-1-4-8-17/h1-10,15-16H,11-14H2,(H,22,25)(H,23,26). The molecular formula is C21H22N4O. The van der Waals surface area contributed by atoms with Gasteiger partial charge in [-0.3, -0.25) is 4.79 Å². The van der Waals surface area contributed by atoms with E-state index in [0.717, 1.165) is 19.4 Å². The Morgan fingerprint density at radius 2 is 1.38 bits per heavy atom. The van der Waals surface area contributed by atoms with Gasteiger partial charge in [-0.1, -0.05) is 60.7 Å². The molecular weight excluding hydrogens is 324 g/mol. The summed E-state index contributed by atoms with van der Waals surface area (Å²) in [7, 11) is 0. The van der Waals surface area contributed by atoms with Gasteiger partial charge in [0.2, 0.25) is 0 Å². The second-order valence-electron chi connectivity index (χ2n) is 5.94. The van der Waals surface area contributed by atoms with Crippen LogP contribution in [0.15, 0.2) is 73.1 Å². The first-order valence-electron chi connectivity index (χ1n) is 8.73. The van der Waals surface area contributed by atoms with Crippen molar-refractivity contribution in [2.24, 2.45) is 0 Å². The average molecular weight is 346 g/mol. The molecule has 1 aromatic heterocycles. The third kappa shape index (κ3) is 5.41. The SMILES string of the molecule is O=C(NCCc1ccccc1)c1cnc(NCCc2ccccc2)cn1. The Labute approximate surface area is 153 Å². The van der Waals surface area contributed by atoms with Gasteiger partial charge in [-0.25, -0.2) is 9.97 Å². The molecule has 2 N–H and O–H groups in total. The number of carbonyl (C=O) groups is 1. The predicted molar refractivity (Wildman–Crippen MR) is 103 cm³/mol. The van der Waals surface area contributed by atoms with E-state index < -0.39 is 0 Å². The molecule has 0 spiro atoms. The van der Waals surface area contributed by atoms with Crippen LogP contribution >= 0.6 is 0 Å². The molecule has 5 nitrogen and oxygen atoms in total. The summed E-state index contributed by atoms with van der Waals surface area (Å²) >= 11 is 0. The number of amides is 1. The van der Waals surface area contributed by atoms with Gasteiger partial charge in [0.1, 0.15) is 11.5 Å². The van der Waals surface area contributed by atoms with Crippen molar-refractivity contribution in [3.8, 4) is 0 Å². The molecule has 0 aliphatic heterocycles. The quantitative estimate of drug-likeness (QED) is 0.658. The van der Waals surface area contributed by atoms with E-state index in [1.807, 2.05) is 48.5 Å². The molecule has 5 heteroatoms. The highest BCUT2D eigenvalue weighted by molar-refractivity contribution is 5.91. The van der Waals surface area contributed by atoms with Crippen LogP contribution < -0.4 is 10.6 Å². The van der Waals surface area contributed by atoms with Gasteiger partial charge in [-0.15, -0.1) is 0 Å². The van der Waals surface area contributed by atoms with Crippen LogP contribution in [0.2, 0.25) is 0 Å². The van der Waals surface area contributed by atoms with Crippen molar-refractivity contribution in [1.29, 1.82) is 0 Å². The van der Waals surface area contributed by atoms with E-state index in [1.165, 1.54) is 17.3 Å². The molecule has 0 radical (unpaired) electrons. The maximum atomic E-state index is 12.1. The highest BCUT2D eigenvalue weighted by Crippen LogP contribution is 2.04. The summed E-state index contributed by atoms with van der Waals surface area (Å²) < 4.78 is 0. The summed E-state index contributed by atoms with van der Waals surface area (Å²) in [5.74, 6) is 0.464. The van der Waals surface area contributed by atoms with Gasteiger partial charge in [0.05, 0.1) is 12.4 Å². The number of nitrogens with zero attached hydrogens (tertiary/aromatic N) is 2. The minimum absolute atomic E-state index is 0.204. The number of nitrogens with one attached hydrogen (secondary N) is 2. The van der Waals surface area contributed by atoms with Crippen molar-refractivity contribution in [1.82, 2.24) is 15.3 Å². The number of benzene rings is 2. The maximum absolute atomic E-state index is 12.1. The minimum atomic E-state index is -0.204. The summed E-state index contributed by atoms with van der Waals surface area (Å²) in [6.45, 7) is 1.34. The number of anilines is 1. The summed E-state index contributed by atoms with van der Waals surface area (Å²) in [6, 6.07) is 20.3. The lowest BCUT2D eigenvalue weighted by atomic mass is 10.1. The van der Waals surface area contributed by atoms with Crippen molar-refractivity contribution in [2.75, 3.05) is 18.4 Å². The Hall–Kier alpha value is -3.21. The monoisotopic (exact) mass is 346 g/mol. The van der Waals surface area contributed by atoms with Crippen LogP contribution in [0.3, 0.4) is 0 Å². The molecule has 132 valence electrons. The molecule has 1 heterocycles. The fourth-order valence-electron chi connectivity index (χ4n) is 2.57. The normalized spacial score (nSPS) is 10.3. The van der Waals surface area contributed by atoms with E-state index in [4.69, 9.17) is 0 Å². The average Bonchev–Trinajstić information content (AvgIpc) is 2.70. The Kier molecular flexibility index (Phi) is 6.31. The predicted octanol–water partition coefficient (Wildman–Crippen LogP) is 3.10. The molecule has 2 aromatic carbocycles. The second kappa shape index (κ2) is 9.32. The third-order valence-corrected chi connectivity index (χ3v) is 3.99. The molecule has 26 heavy (non-hydrogen) atoms. The van der Waals surface area contributed by atoms with Gasteiger partial charge in [0.15, 0.2) is 0 Å². The summed E-state index contributed by atoms with van der Waals surface area (Å²) in [6.07, 6.45) is 4.79. The Bertz CT molecular complexity index is 804. The largest absolute Gasteiger partial charge is 0.368 e. The molecule has 3 aromatic rings. The van der Waals surface area contributed by atoms with Crippen LogP contribution in [0.25, 0.3) is 0 Å². The lowest BCUT2D eigenvalue weighted by Gasteiger charge is -2.07. The first kappa shape index (κ1) is 17.6. The number of rotatable bonds is 8. The molecule has 0 unspecified atom stereocenters. The third-order valence-electron chi connectivity index (χ3n) is 3.99. The van der Waals surface area contributed by atoms with Crippen LogP contribution in [0.1, 0.15) is 21.6 Å². The molecule has 0 fully saturated rings. The van der Waals surface area contributed by atoms with Crippen LogP contribution in [0.4, 0.5) is 5.82 Å². The lowest BCUT2D eigenvalue weighted by Crippen LogP contribution is -2.26. The molecule has 3 rings (SSSR count). The van der Waals surface area contributed by atoms with E-state index in [-0.39, 0.29) is 5.91 Å². The van der Waals surface area contributed by atoms with Crippen LogP contribution in [0, 0.1) is 0 Å². The Morgan fingerprint density at radius 3 is 1.96 bits per heavy atom. The smallest absolute Gasteiger partial charge is 0.271 e. The van der Waals surface area contributed by atoms with Crippen LogP contribution in [-0.4, -0.2) is 29.0 Å². The molecule has 0 atom stereocenters.